The minimum Gasteiger partial charge on any atom is -0.356 e. The van der Waals surface area contributed by atoms with Gasteiger partial charge in [0.25, 0.3) is 5.91 Å². The molecule has 0 atom stereocenters. The van der Waals surface area contributed by atoms with E-state index in [1.165, 1.54) is 22.7 Å². The molecule has 1 amide bonds. The lowest BCUT2D eigenvalue weighted by Crippen LogP contribution is -2.58. The highest BCUT2D eigenvalue weighted by Crippen LogP contribution is 2.54. The minimum atomic E-state index is -0.438. The Morgan fingerprint density at radius 1 is 0.949 bits per heavy atom. The van der Waals surface area contributed by atoms with Crippen LogP contribution in [-0.4, -0.2) is 41.3 Å². The van der Waals surface area contributed by atoms with Crippen LogP contribution in [0, 0.1) is 5.82 Å². The summed E-state index contributed by atoms with van der Waals surface area (Å²) in [4.78, 5) is 23.3. The minimum absolute atomic E-state index is 0.114. The molecule has 0 radical (unpaired) electrons. The molecule has 2 aromatic heterocycles. The molecule has 0 saturated heterocycles. The first kappa shape index (κ1) is 24.6. The average Bonchev–Trinajstić information content (AvgIpc) is 3.56. The number of nitrogens with zero attached hydrogens (tertiary/aromatic N) is 2. The van der Waals surface area contributed by atoms with Crippen molar-refractivity contribution < 1.29 is 9.18 Å². The predicted molar refractivity (Wildman–Crippen MR) is 157 cm³/mol. The number of H-pyrrole nitrogens is 1. The fourth-order valence-electron chi connectivity index (χ4n) is 7.31. The SMILES string of the molecule is CN(C)[C@]1(c2cccc(F)c2)CC[C@@]2(CC1)c1[nH]c3ccccc3c1CCN2C(=O)c1cc2ccccc2s1. The summed E-state index contributed by atoms with van der Waals surface area (Å²) in [6.45, 7) is 0.691. The number of carbonyl (C=O) groups is 1. The van der Waals surface area contributed by atoms with Crippen LogP contribution in [0.3, 0.4) is 0 Å². The van der Waals surface area contributed by atoms with Gasteiger partial charge in [0, 0.05) is 33.4 Å². The van der Waals surface area contributed by atoms with Gasteiger partial charge in [-0.1, -0.05) is 48.5 Å². The molecule has 1 aliphatic carbocycles. The predicted octanol–water partition coefficient (Wildman–Crippen LogP) is 7.45. The number of nitrogens with one attached hydrogen (secondary N) is 1. The maximum atomic E-state index is 14.4. The van der Waals surface area contributed by atoms with Crippen LogP contribution in [0.5, 0.6) is 0 Å². The number of amides is 1. The Hall–Kier alpha value is -3.48. The molecular weight excluding hydrogens is 505 g/mol. The summed E-state index contributed by atoms with van der Waals surface area (Å²) in [5.74, 6) is -0.0882. The van der Waals surface area contributed by atoms with E-state index >= 15 is 0 Å². The van der Waals surface area contributed by atoms with Gasteiger partial charge < -0.3 is 9.88 Å². The molecule has 1 N–H and O–H groups in total. The van der Waals surface area contributed by atoms with Crippen LogP contribution in [0.15, 0.2) is 78.9 Å². The molecule has 1 aliphatic heterocycles. The van der Waals surface area contributed by atoms with Crippen LogP contribution >= 0.6 is 11.3 Å². The highest BCUT2D eigenvalue weighted by Gasteiger charge is 2.53. The topological polar surface area (TPSA) is 39.3 Å². The molecule has 0 bridgehead atoms. The molecule has 3 heterocycles. The summed E-state index contributed by atoms with van der Waals surface area (Å²) in [5.41, 5.74) is 3.95. The van der Waals surface area contributed by atoms with Gasteiger partial charge in [0.05, 0.1) is 10.4 Å². The second kappa shape index (κ2) is 9.04. The standard InChI is InChI=1S/C33H32FN3OS/c1-36(2)32(23-9-7-10-24(34)21-23)15-17-33(18-16-32)30-26(25-11-4-5-12-27(25)35-30)14-19-37(33)31(38)29-20-22-8-3-6-13-28(22)39-29/h3-13,20-21,35H,14-19H2,1-2H3/t32-,33-. The van der Waals surface area contributed by atoms with E-state index in [-0.39, 0.29) is 17.3 Å². The van der Waals surface area contributed by atoms with Crippen LogP contribution in [0.4, 0.5) is 4.39 Å². The smallest absolute Gasteiger partial charge is 0.264 e. The molecule has 7 rings (SSSR count). The number of thiophene rings is 1. The third-order valence-corrected chi connectivity index (χ3v) is 10.5. The molecule has 3 aromatic carbocycles. The van der Waals surface area contributed by atoms with Crippen molar-refractivity contribution in [3.05, 3.63) is 106 Å². The fourth-order valence-corrected chi connectivity index (χ4v) is 8.33. The summed E-state index contributed by atoms with van der Waals surface area (Å²) in [6, 6.07) is 25.8. The molecule has 198 valence electrons. The van der Waals surface area contributed by atoms with Crippen LogP contribution in [0.2, 0.25) is 0 Å². The summed E-state index contributed by atoms with van der Waals surface area (Å²) >= 11 is 1.58. The molecule has 5 aromatic rings. The van der Waals surface area contributed by atoms with Crippen molar-refractivity contribution in [2.24, 2.45) is 0 Å². The van der Waals surface area contributed by atoms with Crippen molar-refractivity contribution in [3.8, 4) is 0 Å². The van der Waals surface area contributed by atoms with Gasteiger partial charge in [0.15, 0.2) is 0 Å². The van der Waals surface area contributed by atoms with Crippen molar-refractivity contribution in [1.82, 2.24) is 14.8 Å². The largest absolute Gasteiger partial charge is 0.356 e. The zero-order valence-electron chi connectivity index (χ0n) is 22.3. The number of fused-ring (bicyclic) bond motifs is 5. The number of aromatic amines is 1. The van der Waals surface area contributed by atoms with Gasteiger partial charge in [-0.2, -0.15) is 0 Å². The molecule has 1 fully saturated rings. The second-order valence-electron chi connectivity index (χ2n) is 11.3. The summed E-state index contributed by atoms with van der Waals surface area (Å²) in [7, 11) is 4.19. The zero-order chi connectivity index (χ0) is 26.8. The number of para-hydroxylation sites is 1. The summed E-state index contributed by atoms with van der Waals surface area (Å²) < 4.78 is 15.5. The Balaban J connectivity index is 1.34. The van der Waals surface area contributed by atoms with Crippen LogP contribution in [-0.2, 0) is 17.5 Å². The highest BCUT2D eigenvalue weighted by molar-refractivity contribution is 7.20. The number of rotatable bonds is 3. The first-order valence-electron chi connectivity index (χ1n) is 13.8. The Morgan fingerprint density at radius 3 is 2.49 bits per heavy atom. The van der Waals surface area contributed by atoms with Crippen molar-refractivity contribution in [2.75, 3.05) is 20.6 Å². The van der Waals surface area contributed by atoms with E-state index in [0.717, 1.165) is 58.1 Å². The van der Waals surface area contributed by atoms with E-state index in [9.17, 15) is 9.18 Å². The van der Waals surface area contributed by atoms with Crippen molar-refractivity contribution >= 4 is 38.2 Å². The number of hydrogen-bond donors (Lipinski definition) is 1. The number of halogens is 1. The number of aromatic nitrogens is 1. The van der Waals surface area contributed by atoms with Crippen molar-refractivity contribution in [1.29, 1.82) is 0 Å². The van der Waals surface area contributed by atoms with E-state index in [2.05, 4.69) is 77.4 Å². The lowest BCUT2D eigenvalue weighted by molar-refractivity contribution is -0.0140. The zero-order valence-corrected chi connectivity index (χ0v) is 23.2. The second-order valence-corrected chi connectivity index (χ2v) is 12.4. The Bertz CT molecular complexity index is 1680. The van der Waals surface area contributed by atoms with E-state index in [0.29, 0.717) is 6.54 Å². The van der Waals surface area contributed by atoms with Gasteiger partial charge >= 0.3 is 0 Å². The van der Waals surface area contributed by atoms with Gasteiger partial charge in [-0.25, -0.2) is 4.39 Å². The van der Waals surface area contributed by atoms with Crippen molar-refractivity contribution in [3.63, 3.8) is 0 Å². The molecule has 1 saturated carbocycles. The molecule has 0 unspecified atom stereocenters. The normalized spacial score (nSPS) is 23.1. The number of benzene rings is 3. The average molecular weight is 538 g/mol. The van der Waals surface area contributed by atoms with Crippen LogP contribution < -0.4 is 0 Å². The third-order valence-electron chi connectivity index (χ3n) is 9.38. The molecule has 6 heteroatoms. The molecule has 39 heavy (non-hydrogen) atoms. The lowest BCUT2D eigenvalue weighted by atomic mass is 9.65. The molecule has 4 nitrogen and oxygen atoms in total. The maximum absolute atomic E-state index is 14.4. The third kappa shape index (κ3) is 3.69. The van der Waals surface area contributed by atoms with Crippen LogP contribution in [0.1, 0.15) is 52.2 Å². The summed E-state index contributed by atoms with van der Waals surface area (Å²) in [5, 5.41) is 2.37. The fraction of sp³-hybridized carbons (Fsp3) is 0.303. The van der Waals surface area contributed by atoms with Gasteiger partial charge in [-0.15, -0.1) is 11.3 Å². The van der Waals surface area contributed by atoms with Crippen LogP contribution in [0.25, 0.3) is 21.0 Å². The van der Waals surface area contributed by atoms with E-state index in [1.807, 2.05) is 18.2 Å². The number of carbonyl (C=O) groups excluding carboxylic acids is 1. The Labute approximate surface area is 232 Å². The van der Waals surface area contributed by atoms with E-state index < -0.39 is 5.54 Å². The summed E-state index contributed by atoms with van der Waals surface area (Å²) in [6.07, 6.45) is 4.10. The Kier molecular flexibility index (Phi) is 5.69. The Morgan fingerprint density at radius 2 is 1.72 bits per heavy atom. The first-order chi connectivity index (χ1) is 18.9. The maximum Gasteiger partial charge on any atom is 0.264 e. The highest BCUT2D eigenvalue weighted by atomic mass is 32.1. The monoisotopic (exact) mass is 537 g/mol. The molecular formula is C33H32FN3OS. The molecule has 2 aliphatic rings. The lowest BCUT2D eigenvalue weighted by Gasteiger charge is -2.55. The van der Waals surface area contributed by atoms with Crippen molar-refractivity contribution in [2.45, 2.75) is 43.2 Å². The van der Waals surface area contributed by atoms with Gasteiger partial charge in [-0.3, -0.25) is 9.69 Å². The first-order valence-corrected chi connectivity index (χ1v) is 14.6. The molecule has 1 spiro atoms. The van der Waals surface area contributed by atoms with Gasteiger partial charge in [0.1, 0.15) is 5.82 Å². The van der Waals surface area contributed by atoms with Gasteiger partial charge in [-0.05, 0) is 93.0 Å². The number of hydrogen-bond acceptors (Lipinski definition) is 3. The quantitative estimate of drug-likeness (QED) is 0.260. The van der Waals surface area contributed by atoms with E-state index in [1.54, 1.807) is 17.4 Å². The van der Waals surface area contributed by atoms with E-state index in [4.69, 9.17) is 0 Å². The van der Waals surface area contributed by atoms with Gasteiger partial charge in [0.2, 0.25) is 0 Å².